The highest BCUT2D eigenvalue weighted by Crippen LogP contribution is 2.41. The average Bonchev–Trinajstić information content (AvgIpc) is 3.49. The van der Waals surface area contributed by atoms with Crippen molar-refractivity contribution in [3.63, 3.8) is 0 Å². The number of aliphatic hydroxyl groups excluding tert-OH is 2. The zero-order valence-electron chi connectivity index (χ0n) is 18.6. The molecule has 4 atom stereocenters. The second kappa shape index (κ2) is 8.95. The van der Waals surface area contributed by atoms with Crippen molar-refractivity contribution in [3.05, 3.63) is 23.7 Å². The lowest BCUT2D eigenvalue weighted by molar-refractivity contribution is -0.0545. The van der Waals surface area contributed by atoms with E-state index in [-0.39, 0.29) is 6.61 Å². The number of anilines is 2. The lowest BCUT2D eigenvalue weighted by atomic mass is 10.0. The maximum Gasteiger partial charge on any atom is 0.225 e. The molecule has 176 valence electrons. The van der Waals surface area contributed by atoms with Gasteiger partial charge in [0.25, 0.3) is 0 Å². The second-order valence-corrected chi connectivity index (χ2v) is 11.0. The van der Waals surface area contributed by atoms with Gasteiger partial charge < -0.3 is 26.0 Å². The summed E-state index contributed by atoms with van der Waals surface area (Å²) in [6.07, 6.45) is 2.50. The van der Waals surface area contributed by atoms with Crippen LogP contribution in [0.4, 0.5) is 11.8 Å². The Morgan fingerprint density at radius 2 is 2.03 bits per heavy atom. The van der Waals surface area contributed by atoms with Gasteiger partial charge in [-0.2, -0.15) is 16.7 Å². The molecule has 0 amide bonds. The Balaban J connectivity index is 1.58. The van der Waals surface area contributed by atoms with Crippen LogP contribution in [0.5, 0.6) is 0 Å². The fourth-order valence-electron chi connectivity index (χ4n) is 4.54. The molecule has 5 rings (SSSR count). The highest BCUT2D eigenvalue weighted by atomic mass is 32.2. The van der Waals surface area contributed by atoms with E-state index in [1.165, 1.54) is 11.3 Å². The first-order valence-electron chi connectivity index (χ1n) is 11.1. The minimum absolute atomic E-state index is 0.183. The number of nitrogens with zero attached hydrogens (tertiary/aromatic N) is 4. The first kappa shape index (κ1) is 22.7. The van der Waals surface area contributed by atoms with Crippen LogP contribution in [0.25, 0.3) is 20.8 Å². The number of nitrogens with one attached hydrogen (secondary N) is 2. The zero-order chi connectivity index (χ0) is 23.2. The van der Waals surface area contributed by atoms with Crippen LogP contribution in [0.1, 0.15) is 30.7 Å². The molecule has 2 fully saturated rings. The number of aromatic nitrogens is 4. The van der Waals surface area contributed by atoms with Gasteiger partial charge in [0.2, 0.25) is 5.95 Å². The molecule has 0 radical (unpaired) electrons. The van der Waals surface area contributed by atoms with Crippen LogP contribution >= 0.6 is 23.1 Å². The highest BCUT2D eigenvalue weighted by Gasteiger charge is 2.47. The molecule has 11 heteroatoms. The van der Waals surface area contributed by atoms with Crippen molar-refractivity contribution < 1.29 is 15.3 Å². The monoisotopic (exact) mass is 488 g/mol. The van der Waals surface area contributed by atoms with E-state index in [4.69, 9.17) is 15.0 Å². The normalized spacial score (nSPS) is 27.4. The lowest BCUT2D eigenvalue weighted by Gasteiger charge is -2.31. The van der Waals surface area contributed by atoms with Crippen molar-refractivity contribution in [2.45, 2.75) is 51.0 Å². The molecule has 33 heavy (non-hydrogen) atoms. The first-order chi connectivity index (χ1) is 15.9. The van der Waals surface area contributed by atoms with Gasteiger partial charge in [0.1, 0.15) is 22.4 Å². The molecule has 3 aromatic heterocycles. The van der Waals surface area contributed by atoms with Crippen molar-refractivity contribution in [1.29, 1.82) is 0 Å². The van der Waals surface area contributed by atoms with Crippen LogP contribution in [0, 0.1) is 19.8 Å². The molecule has 9 nitrogen and oxygen atoms in total. The Kier molecular flexibility index (Phi) is 6.17. The van der Waals surface area contributed by atoms with Crippen molar-refractivity contribution in [3.8, 4) is 10.6 Å². The molecular weight excluding hydrogens is 460 g/mol. The van der Waals surface area contributed by atoms with E-state index in [1.807, 2.05) is 31.7 Å². The van der Waals surface area contributed by atoms with E-state index in [9.17, 15) is 15.3 Å². The van der Waals surface area contributed by atoms with Crippen molar-refractivity contribution in [2.75, 3.05) is 28.7 Å². The minimum Gasteiger partial charge on any atom is -0.396 e. The van der Waals surface area contributed by atoms with E-state index in [0.29, 0.717) is 36.2 Å². The molecule has 1 saturated carbocycles. The number of thioether (sulfide) groups is 1. The first-order valence-corrected chi connectivity index (χ1v) is 13.1. The van der Waals surface area contributed by atoms with Gasteiger partial charge in [-0.05, 0) is 44.9 Å². The molecule has 1 aliphatic carbocycles. The largest absolute Gasteiger partial charge is 0.396 e. The van der Waals surface area contributed by atoms with Gasteiger partial charge in [-0.25, -0.2) is 9.97 Å². The summed E-state index contributed by atoms with van der Waals surface area (Å²) in [5, 5.41) is 38.8. The second-order valence-electron chi connectivity index (χ2n) is 8.80. The maximum absolute atomic E-state index is 11.3. The summed E-state index contributed by atoms with van der Waals surface area (Å²) in [6, 6.07) is 2.23. The van der Waals surface area contributed by atoms with Gasteiger partial charge in [-0.1, -0.05) is 0 Å². The Hall–Kier alpha value is -2.05. The smallest absolute Gasteiger partial charge is 0.225 e. The molecule has 1 aliphatic heterocycles. The zero-order valence-corrected chi connectivity index (χ0v) is 20.2. The third kappa shape index (κ3) is 4.28. The number of hydrogen-bond donors (Lipinski definition) is 5. The summed E-state index contributed by atoms with van der Waals surface area (Å²) in [5.74, 6) is 2.62. The molecular formula is C22H28N6O3S2. The number of rotatable bonds is 6. The van der Waals surface area contributed by atoms with Gasteiger partial charge in [-0.3, -0.25) is 4.98 Å². The topological polar surface area (TPSA) is 136 Å². The van der Waals surface area contributed by atoms with Gasteiger partial charge in [0.15, 0.2) is 5.72 Å². The Morgan fingerprint density at radius 1 is 1.18 bits per heavy atom. The van der Waals surface area contributed by atoms with Crippen LogP contribution in [0.15, 0.2) is 12.3 Å². The standard InChI is InChI=1S/C22H28N6O3S2/c1-11-16(20-26-17-12(2)23-7-4-15(17)33-20)19(27-21(24-11)25-14-5-8-32-10-14)28-22(31)6-3-13(9-29)18(22)30/h4,7,13-14,18,29-31H,3,5-6,8-10H2,1-2H3,(H2,24,25,27,28). The quantitative estimate of drug-likeness (QED) is 0.329. The summed E-state index contributed by atoms with van der Waals surface area (Å²) >= 11 is 3.41. The van der Waals surface area contributed by atoms with Crippen molar-refractivity contribution >= 4 is 45.1 Å². The van der Waals surface area contributed by atoms with Crippen LogP contribution in [-0.4, -0.2) is 71.2 Å². The Bertz CT molecular complexity index is 1170. The molecule has 2 aliphatic rings. The Morgan fingerprint density at radius 3 is 2.73 bits per heavy atom. The third-order valence-corrected chi connectivity index (χ3v) is 8.66. The minimum atomic E-state index is -1.60. The van der Waals surface area contributed by atoms with Crippen LogP contribution in [0.3, 0.4) is 0 Å². The number of pyridine rings is 1. The van der Waals surface area contributed by atoms with Crippen LogP contribution in [0.2, 0.25) is 0 Å². The molecule has 3 aromatic rings. The van der Waals surface area contributed by atoms with Gasteiger partial charge in [-0.15, -0.1) is 11.3 Å². The predicted octanol–water partition coefficient (Wildman–Crippen LogP) is 2.55. The highest BCUT2D eigenvalue weighted by molar-refractivity contribution is 7.99. The molecule has 4 heterocycles. The van der Waals surface area contributed by atoms with E-state index in [0.717, 1.165) is 44.5 Å². The molecule has 0 spiro atoms. The van der Waals surface area contributed by atoms with Crippen LogP contribution in [-0.2, 0) is 0 Å². The molecule has 1 saturated heterocycles. The summed E-state index contributed by atoms with van der Waals surface area (Å²) in [6.45, 7) is 3.64. The summed E-state index contributed by atoms with van der Waals surface area (Å²) in [5.41, 5.74) is 1.48. The number of fused-ring (bicyclic) bond motifs is 1. The molecule has 0 bridgehead atoms. The number of hydrogen-bond acceptors (Lipinski definition) is 11. The van der Waals surface area contributed by atoms with Crippen molar-refractivity contribution in [2.24, 2.45) is 5.92 Å². The van der Waals surface area contributed by atoms with Gasteiger partial charge >= 0.3 is 0 Å². The number of aliphatic hydroxyl groups is 3. The SMILES string of the molecule is Cc1nc(NC2CCSC2)nc(NC2(O)CCC(CO)C2O)c1-c1nc2c(C)nccc2s1. The Labute approximate surface area is 200 Å². The lowest BCUT2D eigenvalue weighted by Crippen LogP contribution is -2.48. The maximum atomic E-state index is 11.3. The van der Waals surface area contributed by atoms with Crippen LogP contribution < -0.4 is 10.6 Å². The average molecular weight is 489 g/mol. The van der Waals surface area contributed by atoms with Crippen molar-refractivity contribution in [1.82, 2.24) is 19.9 Å². The van der Waals surface area contributed by atoms with Gasteiger partial charge in [0.05, 0.1) is 21.7 Å². The summed E-state index contributed by atoms with van der Waals surface area (Å²) in [7, 11) is 0. The summed E-state index contributed by atoms with van der Waals surface area (Å²) < 4.78 is 1.01. The fraction of sp³-hybridized carbons (Fsp3) is 0.545. The van der Waals surface area contributed by atoms with E-state index < -0.39 is 17.7 Å². The van der Waals surface area contributed by atoms with E-state index in [1.54, 1.807) is 6.20 Å². The molecule has 5 N–H and O–H groups in total. The molecule has 4 unspecified atom stereocenters. The fourth-order valence-corrected chi connectivity index (χ4v) is 6.80. The summed E-state index contributed by atoms with van der Waals surface area (Å²) in [4.78, 5) is 18.6. The number of thiazole rings is 1. The third-order valence-electron chi connectivity index (χ3n) is 6.46. The molecule has 0 aromatic carbocycles. The predicted molar refractivity (Wildman–Crippen MR) is 132 cm³/mol. The van der Waals surface area contributed by atoms with Gasteiger partial charge in [0, 0.05) is 30.5 Å². The van der Waals surface area contributed by atoms with E-state index in [2.05, 4.69) is 15.6 Å². The number of aryl methyl sites for hydroxylation is 2. The van der Waals surface area contributed by atoms with E-state index >= 15 is 0 Å².